The molecule has 3 N–H and O–H groups in total. The summed E-state index contributed by atoms with van der Waals surface area (Å²) >= 11 is 0. The summed E-state index contributed by atoms with van der Waals surface area (Å²) in [5, 5.41) is 12.2. The zero-order valence-electron chi connectivity index (χ0n) is 11.4. The summed E-state index contributed by atoms with van der Waals surface area (Å²) in [4.78, 5) is 15.0. The summed E-state index contributed by atoms with van der Waals surface area (Å²) in [6.45, 7) is 0.289. The van der Waals surface area contributed by atoms with Gasteiger partial charge in [-0.3, -0.25) is 4.79 Å². The van der Waals surface area contributed by atoms with Gasteiger partial charge in [-0.25, -0.2) is 0 Å². The Balaban J connectivity index is 1.59. The Labute approximate surface area is 114 Å². The molecule has 0 spiro atoms. The number of carbonyl (C=O) groups excluding carboxylic acids is 1. The fourth-order valence-corrected chi connectivity index (χ4v) is 2.75. The number of aryl methyl sites for hydroxylation is 1. The van der Waals surface area contributed by atoms with E-state index < -0.39 is 0 Å². The highest BCUT2D eigenvalue weighted by atomic mass is 16.3. The molecule has 0 saturated heterocycles. The van der Waals surface area contributed by atoms with Crippen LogP contribution in [0.25, 0.3) is 0 Å². The minimum Gasteiger partial charge on any atom is -0.396 e. The summed E-state index contributed by atoms with van der Waals surface area (Å²) in [6.07, 6.45) is 8.40. The topological polar surface area (TPSA) is 65.1 Å². The first-order chi connectivity index (χ1) is 9.28. The molecule has 19 heavy (non-hydrogen) atoms. The van der Waals surface area contributed by atoms with Gasteiger partial charge in [-0.1, -0.05) is 0 Å². The first-order valence-corrected chi connectivity index (χ1v) is 7.30. The molecule has 1 fully saturated rings. The highest BCUT2D eigenvalue weighted by Crippen LogP contribution is 2.23. The molecule has 1 saturated carbocycles. The maximum Gasteiger partial charge on any atom is 0.220 e. The molecule has 2 rings (SSSR count). The number of rotatable bonds is 6. The van der Waals surface area contributed by atoms with Crippen LogP contribution in [0.4, 0.5) is 0 Å². The van der Waals surface area contributed by atoms with E-state index in [1.165, 1.54) is 5.69 Å². The van der Waals surface area contributed by atoms with Crippen LogP contribution in [0.1, 0.15) is 44.2 Å². The monoisotopic (exact) mass is 264 g/mol. The number of aromatic nitrogens is 1. The van der Waals surface area contributed by atoms with Crippen molar-refractivity contribution in [3.05, 3.63) is 24.0 Å². The third kappa shape index (κ3) is 4.71. The van der Waals surface area contributed by atoms with Gasteiger partial charge in [-0.05, 0) is 56.6 Å². The van der Waals surface area contributed by atoms with Crippen molar-refractivity contribution in [2.24, 2.45) is 5.92 Å². The smallest absolute Gasteiger partial charge is 0.220 e. The van der Waals surface area contributed by atoms with Crippen molar-refractivity contribution in [1.82, 2.24) is 10.3 Å². The third-order valence-electron chi connectivity index (χ3n) is 3.98. The number of carbonyl (C=O) groups is 1. The molecule has 0 atom stereocenters. The van der Waals surface area contributed by atoms with Gasteiger partial charge in [-0.15, -0.1) is 0 Å². The molecule has 1 aromatic rings. The van der Waals surface area contributed by atoms with Gasteiger partial charge in [-0.2, -0.15) is 0 Å². The first-order valence-electron chi connectivity index (χ1n) is 7.30. The van der Waals surface area contributed by atoms with Crippen molar-refractivity contribution >= 4 is 5.91 Å². The molecule has 1 heterocycles. The highest BCUT2D eigenvalue weighted by Gasteiger charge is 2.21. The average Bonchev–Trinajstić information content (AvgIpc) is 2.93. The van der Waals surface area contributed by atoms with Gasteiger partial charge >= 0.3 is 0 Å². The Hall–Kier alpha value is -1.29. The first kappa shape index (κ1) is 14.1. The molecule has 0 bridgehead atoms. The predicted molar refractivity (Wildman–Crippen MR) is 74.7 cm³/mol. The fourth-order valence-electron chi connectivity index (χ4n) is 2.75. The number of aliphatic hydroxyl groups excluding tert-OH is 1. The van der Waals surface area contributed by atoms with Crippen LogP contribution in [0.2, 0.25) is 0 Å². The summed E-state index contributed by atoms with van der Waals surface area (Å²) in [6, 6.07) is 4.35. The normalized spacial score (nSPS) is 23.2. The zero-order valence-corrected chi connectivity index (χ0v) is 11.4. The van der Waals surface area contributed by atoms with Crippen molar-refractivity contribution in [3.63, 3.8) is 0 Å². The van der Waals surface area contributed by atoms with Crippen LogP contribution in [0.15, 0.2) is 18.3 Å². The summed E-state index contributed by atoms with van der Waals surface area (Å²) in [7, 11) is 0. The van der Waals surface area contributed by atoms with E-state index in [1.54, 1.807) is 0 Å². The molecule has 0 aromatic carbocycles. The van der Waals surface area contributed by atoms with E-state index in [9.17, 15) is 4.79 Å². The minimum absolute atomic E-state index is 0.166. The van der Waals surface area contributed by atoms with Crippen LogP contribution < -0.4 is 5.32 Å². The van der Waals surface area contributed by atoms with Gasteiger partial charge in [0.25, 0.3) is 0 Å². The van der Waals surface area contributed by atoms with Gasteiger partial charge in [0.05, 0.1) is 0 Å². The van der Waals surface area contributed by atoms with Gasteiger partial charge in [0.2, 0.25) is 5.91 Å². The Bertz CT molecular complexity index is 368. The molecular weight excluding hydrogens is 240 g/mol. The van der Waals surface area contributed by atoms with Crippen LogP contribution in [0.3, 0.4) is 0 Å². The Morgan fingerprint density at radius 3 is 2.79 bits per heavy atom. The molecule has 1 aliphatic carbocycles. The van der Waals surface area contributed by atoms with Gasteiger partial charge < -0.3 is 15.4 Å². The number of nitrogens with one attached hydrogen (secondary N) is 2. The molecule has 1 amide bonds. The fraction of sp³-hybridized carbons (Fsp3) is 0.667. The van der Waals surface area contributed by atoms with Crippen molar-refractivity contribution < 1.29 is 9.90 Å². The van der Waals surface area contributed by atoms with Crippen LogP contribution in [-0.2, 0) is 11.2 Å². The van der Waals surface area contributed by atoms with Crippen LogP contribution >= 0.6 is 0 Å². The van der Waals surface area contributed by atoms with E-state index in [-0.39, 0.29) is 12.5 Å². The lowest BCUT2D eigenvalue weighted by Crippen LogP contribution is -2.38. The molecule has 1 aliphatic rings. The second-order valence-electron chi connectivity index (χ2n) is 5.52. The van der Waals surface area contributed by atoms with E-state index in [0.29, 0.717) is 18.4 Å². The van der Waals surface area contributed by atoms with E-state index in [2.05, 4.69) is 10.3 Å². The van der Waals surface area contributed by atoms with Gasteiger partial charge in [0.1, 0.15) is 0 Å². The molecule has 106 valence electrons. The lowest BCUT2D eigenvalue weighted by molar-refractivity contribution is -0.122. The van der Waals surface area contributed by atoms with E-state index in [4.69, 9.17) is 5.11 Å². The predicted octanol–water partition coefficient (Wildman–Crippen LogP) is 2.00. The Morgan fingerprint density at radius 1 is 1.37 bits per heavy atom. The number of hydrogen-bond donors (Lipinski definition) is 3. The Kier molecular flexibility index (Phi) is 5.45. The zero-order chi connectivity index (χ0) is 13.5. The average molecular weight is 264 g/mol. The maximum atomic E-state index is 11.8. The molecule has 4 nitrogen and oxygen atoms in total. The largest absolute Gasteiger partial charge is 0.396 e. The lowest BCUT2D eigenvalue weighted by atomic mass is 9.86. The SMILES string of the molecule is O=C(CCCc1ccc[nH]1)NC1CCC(CO)CC1. The van der Waals surface area contributed by atoms with Crippen LogP contribution in [0, 0.1) is 5.92 Å². The summed E-state index contributed by atoms with van der Waals surface area (Å²) in [5.74, 6) is 0.611. The quantitative estimate of drug-likeness (QED) is 0.736. The van der Waals surface area contributed by atoms with E-state index >= 15 is 0 Å². The standard InChI is InChI=1S/C15H24N2O2/c18-11-12-6-8-14(9-7-12)17-15(19)5-1-3-13-4-2-10-16-13/h2,4,10,12,14,16,18H,1,3,5-9,11H2,(H,17,19). The van der Waals surface area contributed by atoms with Gasteiger partial charge in [0.15, 0.2) is 0 Å². The summed E-state index contributed by atoms with van der Waals surface area (Å²) in [5.41, 5.74) is 1.19. The number of amides is 1. The van der Waals surface area contributed by atoms with Crippen LogP contribution in [0.5, 0.6) is 0 Å². The second-order valence-corrected chi connectivity index (χ2v) is 5.52. The second kappa shape index (κ2) is 7.34. The molecule has 1 aromatic heterocycles. The van der Waals surface area contributed by atoms with Gasteiger partial charge in [0, 0.05) is 31.0 Å². The number of H-pyrrole nitrogens is 1. The van der Waals surface area contributed by atoms with E-state index in [1.807, 2.05) is 18.3 Å². The van der Waals surface area contributed by atoms with Crippen molar-refractivity contribution in [2.75, 3.05) is 6.61 Å². The lowest BCUT2D eigenvalue weighted by Gasteiger charge is -2.27. The molecule has 4 heteroatoms. The number of aromatic amines is 1. The molecule has 0 unspecified atom stereocenters. The summed E-state index contributed by atoms with van der Waals surface area (Å²) < 4.78 is 0. The van der Waals surface area contributed by atoms with Crippen molar-refractivity contribution in [2.45, 2.75) is 51.0 Å². The Morgan fingerprint density at radius 2 is 2.16 bits per heavy atom. The number of aliphatic hydroxyl groups is 1. The minimum atomic E-state index is 0.166. The van der Waals surface area contributed by atoms with Crippen molar-refractivity contribution in [3.8, 4) is 0 Å². The number of hydrogen-bond acceptors (Lipinski definition) is 2. The maximum absolute atomic E-state index is 11.8. The highest BCUT2D eigenvalue weighted by molar-refractivity contribution is 5.76. The van der Waals surface area contributed by atoms with Crippen molar-refractivity contribution in [1.29, 1.82) is 0 Å². The van der Waals surface area contributed by atoms with Crippen LogP contribution in [-0.4, -0.2) is 28.6 Å². The molecule has 0 radical (unpaired) electrons. The van der Waals surface area contributed by atoms with E-state index in [0.717, 1.165) is 38.5 Å². The molecule has 0 aliphatic heterocycles. The molecular formula is C15H24N2O2. The third-order valence-corrected chi connectivity index (χ3v) is 3.98.